The van der Waals surface area contributed by atoms with Crippen molar-refractivity contribution in [3.8, 4) is 0 Å². The van der Waals surface area contributed by atoms with E-state index < -0.39 is 35.4 Å². The minimum Gasteiger partial charge on any atom is -0.478 e. The molecule has 1 aliphatic heterocycles. The van der Waals surface area contributed by atoms with Crippen molar-refractivity contribution in [2.45, 2.75) is 66.7 Å². The summed E-state index contributed by atoms with van der Waals surface area (Å²) >= 11 is 0. The summed E-state index contributed by atoms with van der Waals surface area (Å²) < 4.78 is 12.7. The van der Waals surface area contributed by atoms with E-state index in [2.05, 4.69) is 10.1 Å². The van der Waals surface area contributed by atoms with Crippen molar-refractivity contribution >= 4 is 17.5 Å². The second-order valence-corrected chi connectivity index (χ2v) is 9.26. The largest absolute Gasteiger partial charge is 0.478 e. The van der Waals surface area contributed by atoms with E-state index in [1.54, 1.807) is 27.7 Å². The molecule has 2 heterocycles. The average Bonchev–Trinajstić information content (AvgIpc) is 3.02. The van der Waals surface area contributed by atoms with Crippen LogP contribution in [0.15, 0.2) is 15.8 Å². The van der Waals surface area contributed by atoms with Crippen molar-refractivity contribution in [2.24, 2.45) is 29.6 Å². The van der Waals surface area contributed by atoms with Crippen LogP contribution in [-0.4, -0.2) is 44.9 Å². The minimum atomic E-state index is -0.950. The third-order valence-corrected chi connectivity index (χ3v) is 5.78. The Morgan fingerprint density at radius 1 is 1.06 bits per heavy atom. The Balaban J connectivity index is 2.46. The fourth-order valence-corrected chi connectivity index (χ4v) is 3.62. The predicted octanol–water partition coefficient (Wildman–Crippen LogP) is 1.94. The predicted molar refractivity (Wildman–Crippen MR) is 117 cm³/mol. The second kappa shape index (κ2) is 10.8. The SMILES string of the molecule is CC(C)C(=N)OC[C@H]1OC(n2ncc(=O)[nH]c2=O)[C@H](CC(=O)C(C)C)[C@@H]1CC(=O)C(C)C. The van der Waals surface area contributed by atoms with E-state index in [0.29, 0.717) is 0 Å². The van der Waals surface area contributed by atoms with Crippen LogP contribution in [0.2, 0.25) is 0 Å². The molecule has 0 radical (unpaired) electrons. The number of Topliss-reactive ketones (excluding diaryl/α,β-unsaturated/α-hetero) is 2. The Bertz CT molecular complexity index is 948. The summed E-state index contributed by atoms with van der Waals surface area (Å²) in [5, 5.41) is 11.9. The number of nitrogens with one attached hydrogen (secondary N) is 2. The number of hydrogen-bond donors (Lipinski definition) is 2. The lowest BCUT2D eigenvalue weighted by Gasteiger charge is -2.25. The van der Waals surface area contributed by atoms with Crippen molar-refractivity contribution in [3.05, 3.63) is 27.0 Å². The van der Waals surface area contributed by atoms with Gasteiger partial charge < -0.3 is 9.47 Å². The molecule has 0 aliphatic carbocycles. The van der Waals surface area contributed by atoms with Gasteiger partial charge in [-0.15, -0.1) is 0 Å². The van der Waals surface area contributed by atoms with Crippen molar-refractivity contribution < 1.29 is 19.1 Å². The van der Waals surface area contributed by atoms with Crippen LogP contribution >= 0.6 is 0 Å². The number of ether oxygens (including phenoxy) is 2. The summed E-state index contributed by atoms with van der Waals surface area (Å²) in [5.41, 5.74) is -1.40. The van der Waals surface area contributed by atoms with Crippen molar-refractivity contribution in [1.29, 1.82) is 5.41 Å². The molecule has 0 saturated carbocycles. The maximum absolute atomic E-state index is 12.7. The van der Waals surface area contributed by atoms with Gasteiger partial charge in [0.05, 0.1) is 6.10 Å². The van der Waals surface area contributed by atoms with Gasteiger partial charge >= 0.3 is 5.69 Å². The Morgan fingerprint density at radius 3 is 2.12 bits per heavy atom. The molecule has 2 rings (SSSR count). The normalized spacial score (nSPS) is 23.2. The lowest BCUT2D eigenvalue weighted by atomic mass is 9.79. The van der Waals surface area contributed by atoms with Gasteiger partial charge in [-0.2, -0.15) is 9.78 Å². The van der Waals surface area contributed by atoms with Crippen LogP contribution in [0.1, 0.15) is 60.6 Å². The zero-order valence-electron chi connectivity index (χ0n) is 19.6. The molecule has 0 aromatic carbocycles. The molecule has 1 aromatic heterocycles. The third kappa shape index (κ3) is 6.21. The molecule has 0 spiro atoms. The Kier molecular flexibility index (Phi) is 8.65. The third-order valence-electron chi connectivity index (χ3n) is 5.78. The number of rotatable bonds is 10. The summed E-state index contributed by atoms with van der Waals surface area (Å²) in [6.45, 7) is 10.8. The molecule has 1 aromatic rings. The monoisotopic (exact) mass is 450 g/mol. The van der Waals surface area contributed by atoms with Crippen LogP contribution in [0.4, 0.5) is 0 Å². The molecule has 10 nitrogen and oxygen atoms in total. The average molecular weight is 451 g/mol. The van der Waals surface area contributed by atoms with Crippen LogP contribution in [0.3, 0.4) is 0 Å². The van der Waals surface area contributed by atoms with Gasteiger partial charge in [0.15, 0.2) is 12.1 Å². The van der Waals surface area contributed by atoms with E-state index in [1.807, 2.05) is 13.8 Å². The van der Waals surface area contributed by atoms with E-state index in [4.69, 9.17) is 14.9 Å². The minimum absolute atomic E-state index is 0.00644. The van der Waals surface area contributed by atoms with Crippen LogP contribution in [0.25, 0.3) is 0 Å². The maximum atomic E-state index is 12.7. The topological polar surface area (TPSA) is 144 Å². The molecule has 0 amide bonds. The highest BCUT2D eigenvalue weighted by molar-refractivity contribution is 5.82. The molecule has 178 valence electrons. The number of carbonyl (C=O) groups excluding carboxylic acids is 2. The molecule has 10 heteroatoms. The molecule has 1 fully saturated rings. The van der Waals surface area contributed by atoms with E-state index in [1.165, 1.54) is 0 Å². The highest BCUT2D eigenvalue weighted by atomic mass is 16.6. The Hall–Kier alpha value is -2.62. The number of hydrogen-bond acceptors (Lipinski definition) is 8. The number of aromatic amines is 1. The molecule has 32 heavy (non-hydrogen) atoms. The highest BCUT2D eigenvalue weighted by Crippen LogP contribution is 2.43. The van der Waals surface area contributed by atoms with Crippen molar-refractivity contribution in [1.82, 2.24) is 14.8 Å². The lowest BCUT2D eigenvalue weighted by Crippen LogP contribution is -2.37. The zero-order chi connectivity index (χ0) is 24.2. The molecule has 2 N–H and O–H groups in total. The summed E-state index contributed by atoms with van der Waals surface area (Å²) in [5.74, 6) is -1.44. The van der Waals surface area contributed by atoms with E-state index in [-0.39, 0.29) is 54.7 Å². The van der Waals surface area contributed by atoms with Gasteiger partial charge in [-0.3, -0.25) is 24.8 Å². The Labute approximate surface area is 187 Å². The zero-order valence-corrected chi connectivity index (χ0v) is 19.6. The second-order valence-electron chi connectivity index (χ2n) is 9.26. The molecular formula is C22H34N4O6. The van der Waals surface area contributed by atoms with E-state index in [9.17, 15) is 19.2 Å². The summed E-state index contributed by atoms with van der Waals surface area (Å²) in [6.07, 6.45) is -0.380. The van der Waals surface area contributed by atoms with Gasteiger partial charge in [-0.05, 0) is 0 Å². The van der Waals surface area contributed by atoms with Crippen molar-refractivity contribution in [2.75, 3.05) is 6.61 Å². The van der Waals surface area contributed by atoms with Crippen molar-refractivity contribution in [3.63, 3.8) is 0 Å². The van der Waals surface area contributed by atoms with Crippen LogP contribution < -0.4 is 11.2 Å². The summed E-state index contributed by atoms with van der Waals surface area (Å²) in [6, 6.07) is 0. The molecular weight excluding hydrogens is 416 g/mol. The Morgan fingerprint density at radius 2 is 1.62 bits per heavy atom. The maximum Gasteiger partial charge on any atom is 0.347 e. The quantitative estimate of drug-likeness (QED) is 0.409. The van der Waals surface area contributed by atoms with Gasteiger partial charge in [0.1, 0.15) is 24.4 Å². The van der Waals surface area contributed by atoms with Gasteiger partial charge in [-0.25, -0.2) is 4.79 Å². The van der Waals surface area contributed by atoms with Gasteiger partial charge in [-0.1, -0.05) is 41.5 Å². The lowest BCUT2D eigenvalue weighted by molar-refractivity contribution is -0.126. The van der Waals surface area contributed by atoms with Crippen LogP contribution in [-0.2, 0) is 19.1 Å². The van der Waals surface area contributed by atoms with Crippen LogP contribution in [0.5, 0.6) is 0 Å². The fraction of sp³-hybridized carbons (Fsp3) is 0.727. The fourth-order valence-electron chi connectivity index (χ4n) is 3.62. The first-order valence-corrected chi connectivity index (χ1v) is 11.0. The molecule has 0 bridgehead atoms. The first-order chi connectivity index (χ1) is 14.9. The summed E-state index contributed by atoms with van der Waals surface area (Å²) in [4.78, 5) is 51.4. The van der Waals surface area contributed by atoms with E-state index in [0.717, 1.165) is 10.9 Å². The number of H-pyrrole nitrogens is 1. The van der Waals surface area contributed by atoms with Gasteiger partial charge in [0.2, 0.25) is 0 Å². The van der Waals surface area contributed by atoms with Gasteiger partial charge in [0.25, 0.3) is 5.56 Å². The standard InChI is InChI=1S/C22H34N4O6/c1-11(2)16(27)7-14-15(8-17(28)12(3)4)21(26-22(30)25-19(29)9-24-26)32-18(14)10-31-20(23)13(5)6/h9,11-15,18,21,23H,7-8,10H2,1-6H3,(H,25,29,30)/t14-,15+,18+,21?/m0/s1. The highest BCUT2D eigenvalue weighted by Gasteiger charge is 2.48. The number of nitrogens with zero attached hydrogens (tertiary/aromatic N) is 2. The number of carbonyl (C=O) groups is 2. The number of aromatic nitrogens is 3. The first kappa shape index (κ1) is 25.6. The molecule has 4 atom stereocenters. The molecule has 1 unspecified atom stereocenters. The van der Waals surface area contributed by atoms with Crippen LogP contribution in [0, 0.1) is 35.0 Å². The first-order valence-electron chi connectivity index (χ1n) is 11.0. The smallest absolute Gasteiger partial charge is 0.347 e. The molecule has 1 aliphatic rings. The van der Waals surface area contributed by atoms with Gasteiger partial charge in [0, 0.05) is 42.4 Å². The van der Waals surface area contributed by atoms with E-state index >= 15 is 0 Å². The number of ketones is 2. The molecule has 1 saturated heterocycles. The summed E-state index contributed by atoms with van der Waals surface area (Å²) in [7, 11) is 0.